The zero-order valence-electron chi connectivity index (χ0n) is 19.6. The molecule has 1 unspecified atom stereocenters. The molecule has 1 saturated heterocycles. The van der Waals surface area contributed by atoms with E-state index in [4.69, 9.17) is 6.57 Å². The molecule has 3 aromatic rings. The third-order valence-electron chi connectivity index (χ3n) is 6.62. The molecule has 0 saturated carbocycles. The Hall–Kier alpha value is -3.52. The van der Waals surface area contributed by atoms with Crippen molar-refractivity contribution in [2.45, 2.75) is 45.1 Å². The van der Waals surface area contributed by atoms with Gasteiger partial charge >= 0.3 is 11.9 Å². The molecule has 0 amide bonds. The maximum Gasteiger partial charge on any atom is 0.416 e. The molecule has 184 valence electrons. The minimum absolute atomic E-state index is 0.146. The molecule has 3 atom stereocenters. The molecule has 0 aliphatic carbocycles. The number of aryl methyl sites for hydroxylation is 1. The summed E-state index contributed by atoms with van der Waals surface area (Å²) in [4.78, 5) is 28.5. The summed E-state index contributed by atoms with van der Waals surface area (Å²) in [7, 11) is 1.59. The number of benzene rings is 1. The van der Waals surface area contributed by atoms with E-state index in [9.17, 15) is 22.4 Å². The van der Waals surface area contributed by atoms with E-state index < -0.39 is 29.3 Å². The Morgan fingerprint density at radius 3 is 2.46 bits per heavy atom. The molecule has 35 heavy (non-hydrogen) atoms. The van der Waals surface area contributed by atoms with E-state index in [0.717, 1.165) is 6.07 Å². The zero-order valence-corrected chi connectivity index (χ0v) is 19.6. The lowest BCUT2D eigenvalue weighted by Gasteiger charge is -2.47. The number of hydrogen-bond acceptors (Lipinski definition) is 5. The van der Waals surface area contributed by atoms with Crippen LogP contribution in [0.25, 0.3) is 15.9 Å². The lowest BCUT2D eigenvalue weighted by atomic mass is 9.99. The fraction of sp³-hybridized carbons (Fsp3) is 0.417. The second kappa shape index (κ2) is 8.92. The molecule has 1 aliphatic rings. The molecule has 11 heteroatoms. The summed E-state index contributed by atoms with van der Waals surface area (Å²) in [5.74, 6) is -0.337. The number of piperazine rings is 1. The minimum atomic E-state index is -4.61. The molecule has 3 heterocycles. The fourth-order valence-corrected chi connectivity index (χ4v) is 4.67. The Kier molecular flexibility index (Phi) is 6.27. The average Bonchev–Trinajstić information content (AvgIpc) is 2.81. The molecule has 2 aromatic heterocycles. The van der Waals surface area contributed by atoms with E-state index in [1.54, 1.807) is 26.1 Å². The number of fused-ring (bicyclic) bond motifs is 1. The lowest BCUT2D eigenvalue weighted by molar-refractivity contribution is -0.137. The number of alkyl halides is 3. The van der Waals surface area contributed by atoms with Crippen molar-refractivity contribution in [1.29, 1.82) is 0 Å². The van der Waals surface area contributed by atoms with Crippen LogP contribution in [-0.2, 0) is 13.2 Å². The fourth-order valence-electron chi connectivity index (χ4n) is 4.67. The van der Waals surface area contributed by atoms with E-state index in [1.807, 2.05) is 23.6 Å². The van der Waals surface area contributed by atoms with Crippen LogP contribution in [0, 0.1) is 12.4 Å². The van der Waals surface area contributed by atoms with Crippen molar-refractivity contribution in [3.05, 3.63) is 69.2 Å². The van der Waals surface area contributed by atoms with E-state index in [0.29, 0.717) is 36.0 Å². The van der Waals surface area contributed by atoms with Crippen LogP contribution < -0.4 is 10.6 Å². The molecule has 1 aliphatic heterocycles. The molecule has 4 rings (SSSR count). The van der Waals surface area contributed by atoms with Gasteiger partial charge in [-0.05, 0) is 45.0 Å². The predicted molar refractivity (Wildman–Crippen MR) is 124 cm³/mol. The van der Waals surface area contributed by atoms with Crippen LogP contribution in [0.15, 0.2) is 35.1 Å². The second-order valence-electron chi connectivity index (χ2n) is 8.88. The van der Waals surface area contributed by atoms with Crippen molar-refractivity contribution in [3.63, 3.8) is 0 Å². The maximum atomic E-state index is 14.7. The number of rotatable bonds is 3. The molecule has 7 nitrogen and oxygen atoms in total. The van der Waals surface area contributed by atoms with Crippen molar-refractivity contribution >= 4 is 22.7 Å². The Bertz CT molecular complexity index is 1380. The average molecular weight is 488 g/mol. The number of nitrogens with zero attached hydrogens (tertiary/aromatic N) is 6. The Morgan fingerprint density at radius 1 is 1.11 bits per heavy atom. The first-order valence-corrected chi connectivity index (χ1v) is 11.1. The van der Waals surface area contributed by atoms with Gasteiger partial charge in [-0.2, -0.15) is 18.2 Å². The van der Waals surface area contributed by atoms with Gasteiger partial charge in [0.25, 0.3) is 5.82 Å². The van der Waals surface area contributed by atoms with Crippen LogP contribution in [-0.4, -0.2) is 44.6 Å². The van der Waals surface area contributed by atoms with Crippen molar-refractivity contribution in [1.82, 2.24) is 19.4 Å². The Labute approximate surface area is 199 Å². The molecule has 1 fully saturated rings. The molecular weight excluding hydrogens is 464 g/mol. The highest BCUT2D eigenvalue weighted by Crippen LogP contribution is 2.35. The van der Waals surface area contributed by atoms with Crippen molar-refractivity contribution < 1.29 is 17.6 Å². The number of anilines is 1. The minimum Gasteiger partial charge on any atom is -0.361 e. The summed E-state index contributed by atoms with van der Waals surface area (Å²) in [6.07, 6.45) is -4.61. The molecule has 0 spiro atoms. The van der Waals surface area contributed by atoms with Gasteiger partial charge in [0, 0.05) is 43.8 Å². The highest BCUT2D eigenvalue weighted by Gasteiger charge is 2.36. The van der Waals surface area contributed by atoms with Crippen LogP contribution >= 0.6 is 0 Å². The molecule has 0 radical (unpaired) electrons. The summed E-state index contributed by atoms with van der Waals surface area (Å²) >= 11 is 0. The molecule has 0 N–H and O–H groups in total. The predicted octanol–water partition coefficient (Wildman–Crippen LogP) is 4.70. The summed E-state index contributed by atoms with van der Waals surface area (Å²) in [6, 6.07) is 5.04. The van der Waals surface area contributed by atoms with Gasteiger partial charge in [-0.25, -0.2) is 9.18 Å². The van der Waals surface area contributed by atoms with Gasteiger partial charge in [0.1, 0.15) is 5.82 Å². The first kappa shape index (κ1) is 24.6. The standard InChI is InChI=1S/C24H24F4N6O/c1-13-12-34(22-21-19(32(5)23(35)31-22)8-9-20(29-4)30-21)14(2)11-33(13)15(3)17-7-6-16(10-18(17)25)24(26,27)28/h6-10,13-15H,11-12H2,1-3,5H3/t13-,14+,15?/m1/s1. The summed E-state index contributed by atoms with van der Waals surface area (Å²) in [6.45, 7) is 13.8. The topological polar surface area (TPSA) is 58.6 Å². The number of hydrogen-bond donors (Lipinski definition) is 0. The molecule has 0 bridgehead atoms. The number of halogens is 4. The number of aromatic nitrogens is 3. The van der Waals surface area contributed by atoms with Crippen LogP contribution in [0.3, 0.4) is 0 Å². The second-order valence-corrected chi connectivity index (χ2v) is 8.88. The largest absolute Gasteiger partial charge is 0.416 e. The zero-order chi connectivity index (χ0) is 25.7. The first-order valence-electron chi connectivity index (χ1n) is 11.1. The van der Waals surface area contributed by atoms with Gasteiger partial charge in [0.2, 0.25) is 5.52 Å². The Balaban J connectivity index is 1.66. The van der Waals surface area contributed by atoms with E-state index in [2.05, 4.69) is 14.8 Å². The van der Waals surface area contributed by atoms with Gasteiger partial charge in [-0.15, -0.1) is 4.98 Å². The van der Waals surface area contributed by atoms with Gasteiger partial charge < -0.3 is 9.74 Å². The van der Waals surface area contributed by atoms with Gasteiger partial charge in [-0.1, -0.05) is 12.6 Å². The van der Waals surface area contributed by atoms with Crippen molar-refractivity contribution in [3.8, 4) is 0 Å². The Morgan fingerprint density at radius 2 is 1.83 bits per heavy atom. The van der Waals surface area contributed by atoms with Crippen molar-refractivity contribution in [2.75, 3.05) is 18.0 Å². The summed E-state index contributed by atoms with van der Waals surface area (Å²) < 4.78 is 54.9. The van der Waals surface area contributed by atoms with Crippen molar-refractivity contribution in [2.24, 2.45) is 7.05 Å². The van der Waals surface area contributed by atoms with Gasteiger partial charge in [0.15, 0.2) is 5.82 Å². The molecule has 1 aromatic carbocycles. The monoisotopic (exact) mass is 488 g/mol. The quantitative estimate of drug-likeness (QED) is 0.395. The SMILES string of the molecule is [C-]#[N+]c1ccc2c(n1)c(N1C[C@@H](C)N(C(C)c3ccc(C(F)(F)F)cc3F)C[C@@H]1C)nc(=O)n2C. The van der Waals surface area contributed by atoms with E-state index in [-0.39, 0.29) is 23.5 Å². The summed E-state index contributed by atoms with van der Waals surface area (Å²) in [5, 5.41) is 0. The lowest BCUT2D eigenvalue weighted by Crippen LogP contribution is -2.57. The highest BCUT2D eigenvalue weighted by atomic mass is 19.4. The third-order valence-corrected chi connectivity index (χ3v) is 6.62. The van der Waals surface area contributed by atoms with E-state index in [1.165, 1.54) is 10.6 Å². The normalized spacial score (nSPS) is 20.1. The first-order chi connectivity index (χ1) is 16.4. The van der Waals surface area contributed by atoms with Crippen LogP contribution in [0.2, 0.25) is 0 Å². The highest BCUT2D eigenvalue weighted by molar-refractivity contribution is 5.87. The van der Waals surface area contributed by atoms with Gasteiger partial charge in [0.05, 0.1) is 11.1 Å². The van der Waals surface area contributed by atoms with Crippen LogP contribution in [0.4, 0.5) is 29.2 Å². The van der Waals surface area contributed by atoms with Crippen LogP contribution in [0.1, 0.15) is 37.9 Å². The van der Waals surface area contributed by atoms with E-state index >= 15 is 0 Å². The third kappa shape index (κ3) is 4.46. The van der Waals surface area contributed by atoms with Gasteiger partial charge in [-0.3, -0.25) is 9.47 Å². The molecular formula is C24H24F4N6O. The maximum absolute atomic E-state index is 14.7. The number of pyridine rings is 1. The summed E-state index contributed by atoms with van der Waals surface area (Å²) in [5.41, 5.74) is -0.296. The van der Waals surface area contributed by atoms with Crippen LogP contribution in [0.5, 0.6) is 0 Å². The smallest absolute Gasteiger partial charge is 0.361 e.